The van der Waals surface area contributed by atoms with Gasteiger partial charge in [-0.25, -0.2) is 4.79 Å². The fraction of sp³-hybridized carbons (Fsp3) is 0.296. The number of aliphatic hydroxyl groups is 1. The maximum atomic E-state index is 12.9. The number of ether oxygens (including phenoxy) is 1. The van der Waals surface area contributed by atoms with Crippen LogP contribution >= 0.6 is 0 Å². The Kier molecular flexibility index (Phi) is 5.24. The van der Waals surface area contributed by atoms with E-state index < -0.39 is 0 Å². The average Bonchev–Trinajstić information content (AvgIpc) is 3.17. The summed E-state index contributed by atoms with van der Waals surface area (Å²) in [4.78, 5) is 14.6. The highest BCUT2D eigenvalue weighted by molar-refractivity contribution is 5.79. The minimum atomic E-state index is -0.276. The number of piperidine rings is 1. The summed E-state index contributed by atoms with van der Waals surface area (Å²) in [5.41, 5.74) is 5.77. The summed E-state index contributed by atoms with van der Waals surface area (Å²) in [5, 5.41) is 10.1. The van der Waals surface area contributed by atoms with Crippen LogP contribution in [-0.4, -0.2) is 42.4 Å². The van der Waals surface area contributed by atoms with Crippen LogP contribution in [0.2, 0.25) is 0 Å². The largest absolute Gasteiger partial charge is 0.448 e. The highest BCUT2D eigenvalue weighted by Crippen LogP contribution is 2.44. The van der Waals surface area contributed by atoms with E-state index >= 15 is 0 Å². The fourth-order valence-corrected chi connectivity index (χ4v) is 5.13. The quantitative estimate of drug-likeness (QED) is 0.658. The third-order valence-corrected chi connectivity index (χ3v) is 7.00. The van der Waals surface area contributed by atoms with Crippen molar-refractivity contribution in [3.05, 3.63) is 95.6 Å². The molecule has 0 atom stereocenters. The smallest absolute Gasteiger partial charge is 0.409 e. The maximum Gasteiger partial charge on any atom is 0.409 e. The first kappa shape index (κ1) is 19.8. The van der Waals surface area contributed by atoms with Gasteiger partial charge in [0.05, 0.1) is 6.61 Å². The number of carbonyl (C=O) groups excluding carboxylic acids is 1. The zero-order chi connectivity index (χ0) is 21.3. The van der Waals surface area contributed by atoms with Crippen molar-refractivity contribution in [2.75, 3.05) is 26.3 Å². The molecule has 5 rings (SSSR count). The molecule has 0 aromatic heterocycles. The molecule has 3 aromatic rings. The molecule has 4 nitrogen and oxygen atoms in total. The molecule has 0 spiro atoms. The number of rotatable bonds is 4. The van der Waals surface area contributed by atoms with Crippen LogP contribution in [0.15, 0.2) is 78.9 Å². The van der Waals surface area contributed by atoms with Crippen LogP contribution in [0.3, 0.4) is 0 Å². The molecule has 1 saturated heterocycles. The lowest BCUT2D eigenvalue weighted by atomic mass is 9.73. The van der Waals surface area contributed by atoms with Crippen LogP contribution in [0.25, 0.3) is 11.1 Å². The monoisotopic (exact) mass is 413 g/mol. The van der Waals surface area contributed by atoms with E-state index in [1.54, 1.807) is 4.90 Å². The number of carbonyl (C=O) groups is 1. The van der Waals surface area contributed by atoms with Gasteiger partial charge in [-0.1, -0.05) is 78.9 Å². The van der Waals surface area contributed by atoms with Gasteiger partial charge in [0.15, 0.2) is 0 Å². The lowest BCUT2D eigenvalue weighted by Crippen LogP contribution is -2.47. The normalized spacial score (nSPS) is 17.1. The Labute approximate surface area is 183 Å². The Morgan fingerprint density at radius 2 is 1.42 bits per heavy atom. The van der Waals surface area contributed by atoms with E-state index in [9.17, 15) is 9.90 Å². The molecule has 1 heterocycles. The van der Waals surface area contributed by atoms with Crippen LogP contribution in [0, 0.1) is 0 Å². The first-order chi connectivity index (χ1) is 15.2. The summed E-state index contributed by atoms with van der Waals surface area (Å²) in [7, 11) is 0. The molecule has 1 aliphatic carbocycles. The second-order valence-corrected chi connectivity index (χ2v) is 8.60. The molecular formula is C27H27NO3. The van der Waals surface area contributed by atoms with Gasteiger partial charge in [-0.3, -0.25) is 0 Å². The van der Waals surface area contributed by atoms with E-state index in [2.05, 4.69) is 48.5 Å². The van der Waals surface area contributed by atoms with Crippen molar-refractivity contribution < 1.29 is 14.6 Å². The minimum Gasteiger partial charge on any atom is -0.448 e. The predicted octanol–water partition coefficient (Wildman–Crippen LogP) is 4.96. The predicted molar refractivity (Wildman–Crippen MR) is 121 cm³/mol. The highest BCUT2D eigenvalue weighted by atomic mass is 16.6. The summed E-state index contributed by atoms with van der Waals surface area (Å²) >= 11 is 0. The lowest BCUT2D eigenvalue weighted by Gasteiger charge is -2.40. The van der Waals surface area contributed by atoms with Gasteiger partial charge in [-0.15, -0.1) is 0 Å². The van der Waals surface area contributed by atoms with Crippen molar-refractivity contribution in [3.8, 4) is 11.1 Å². The first-order valence-electron chi connectivity index (χ1n) is 11.0. The lowest BCUT2D eigenvalue weighted by molar-refractivity contribution is 0.0662. The van der Waals surface area contributed by atoms with Gasteiger partial charge in [0.2, 0.25) is 0 Å². The summed E-state index contributed by atoms with van der Waals surface area (Å²) in [6.45, 7) is 1.61. The molecule has 2 aliphatic rings. The molecule has 1 amide bonds. The second-order valence-electron chi connectivity index (χ2n) is 8.60. The van der Waals surface area contributed by atoms with Gasteiger partial charge >= 0.3 is 6.09 Å². The second kappa shape index (κ2) is 8.20. The Morgan fingerprint density at radius 1 is 0.871 bits per heavy atom. The van der Waals surface area contributed by atoms with E-state index in [4.69, 9.17) is 4.74 Å². The topological polar surface area (TPSA) is 49.8 Å². The zero-order valence-electron chi connectivity index (χ0n) is 17.5. The van der Waals surface area contributed by atoms with Gasteiger partial charge in [0.1, 0.15) is 6.61 Å². The molecule has 4 heteroatoms. The number of benzene rings is 3. The molecule has 1 fully saturated rings. The molecule has 0 bridgehead atoms. The van der Waals surface area contributed by atoms with Gasteiger partial charge < -0.3 is 14.7 Å². The van der Waals surface area contributed by atoms with Crippen LogP contribution < -0.4 is 0 Å². The molecule has 3 aromatic carbocycles. The third kappa shape index (κ3) is 3.51. The summed E-state index contributed by atoms with van der Waals surface area (Å²) in [6, 6.07) is 26.9. The van der Waals surface area contributed by atoms with E-state index in [1.165, 1.54) is 22.3 Å². The number of likely N-dealkylation sites (tertiary alicyclic amines) is 1. The zero-order valence-corrected chi connectivity index (χ0v) is 17.5. The Balaban J connectivity index is 1.25. The highest BCUT2D eigenvalue weighted by Gasteiger charge is 2.38. The number of hydrogen-bond donors (Lipinski definition) is 1. The number of nitrogens with zero attached hydrogens (tertiary/aromatic N) is 1. The van der Waals surface area contributed by atoms with Gasteiger partial charge in [0, 0.05) is 24.4 Å². The fourth-order valence-electron chi connectivity index (χ4n) is 5.13. The molecule has 1 N–H and O–H groups in total. The number of fused-ring (bicyclic) bond motifs is 3. The first-order valence-corrected chi connectivity index (χ1v) is 11.0. The Hall–Kier alpha value is -3.11. The van der Waals surface area contributed by atoms with Crippen LogP contribution in [0.5, 0.6) is 0 Å². The molecule has 0 unspecified atom stereocenters. The van der Waals surface area contributed by atoms with Crippen LogP contribution in [0.4, 0.5) is 4.79 Å². The van der Waals surface area contributed by atoms with Crippen molar-refractivity contribution in [2.24, 2.45) is 0 Å². The summed E-state index contributed by atoms with van der Waals surface area (Å²) < 4.78 is 5.81. The minimum absolute atomic E-state index is 0.0713. The molecule has 0 saturated carbocycles. The van der Waals surface area contributed by atoms with E-state index in [0.717, 1.165) is 18.4 Å². The summed E-state index contributed by atoms with van der Waals surface area (Å²) in [5.74, 6) is 0.0713. The molecule has 158 valence electrons. The van der Waals surface area contributed by atoms with Crippen molar-refractivity contribution >= 4 is 6.09 Å². The Bertz CT molecular complexity index is 1030. The molecule has 0 radical (unpaired) electrons. The van der Waals surface area contributed by atoms with Crippen LogP contribution in [-0.2, 0) is 10.2 Å². The van der Waals surface area contributed by atoms with Gasteiger partial charge in [-0.2, -0.15) is 0 Å². The maximum absolute atomic E-state index is 12.9. The third-order valence-electron chi connectivity index (χ3n) is 7.00. The standard InChI is InChI=1S/C27H27NO3/c29-19-27(20-8-2-1-3-9-20)14-16-28(17-15-27)26(30)31-18-25-23-12-6-4-10-21(23)22-11-5-7-13-24(22)25/h1-13,25,29H,14-19H2. The summed E-state index contributed by atoms with van der Waals surface area (Å²) in [6.07, 6.45) is 1.21. The molecule has 1 aliphatic heterocycles. The van der Waals surface area contributed by atoms with Crippen molar-refractivity contribution in [1.82, 2.24) is 4.90 Å². The van der Waals surface area contributed by atoms with Gasteiger partial charge in [-0.05, 0) is 40.7 Å². The van der Waals surface area contributed by atoms with Crippen molar-refractivity contribution in [3.63, 3.8) is 0 Å². The number of aliphatic hydroxyl groups excluding tert-OH is 1. The molecular weight excluding hydrogens is 386 g/mol. The SMILES string of the molecule is O=C(OCC1c2ccccc2-c2ccccc21)N1CCC(CO)(c2ccccc2)CC1. The Morgan fingerprint density at radius 3 is 2.00 bits per heavy atom. The van der Waals surface area contributed by atoms with Crippen molar-refractivity contribution in [2.45, 2.75) is 24.2 Å². The number of hydrogen-bond acceptors (Lipinski definition) is 3. The number of amides is 1. The van der Waals surface area contributed by atoms with Crippen LogP contribution in [0.1, 0.15) is 35.4 Å². The average molecular weight is 414 g/mol. The van der Waals surface area contributed by atoms with Gasteiger partial charge in [0.25, 0.3) is 0 Å². The van der Waals surface area contributed by atoms with E-state index in [-0.39, 0.29) is 24.0 Å². The van der Waals surface area contributed by atoms with E-state index in [0.29, 0.717) is 19.7 Å². The van der Waals surface area contributed by atoms with E-state index in [1.807, 2.05) is 30.3 Å². The van der Waals surface area contributed by atoms with Crippen molar-refractivity contribution in [1.29, 1.82) is 0 Å². The molecule has 31 heavy (non-hydrogen) atoms.